The Kier molecular flexibility index (Phi) is 4.74. The first-order valence-electron chi connectivity index (χ1n) is 6.99. The molecular weight excluding hydrogens is 234 g/mol. The van der Waals surface area contributed by atoms with E-state index in [0.29, 0.717) is 6.04 Å². The average Bonchev–Trinajstić information content (AvgIpc) is 2.83. The number of likely N-dealkylation sites (N-methyl/N-ethyl adjacent to an activating group) is 1. The van der Waals surface area contributed by atoms with Gasteiger partial charge in [0.2, 0.25) is 0 Å². The van der Waals surface area contributed by atoms with Crippen LogP contribution in [0.25, 0.3) is 0 Å². The molecule has 1 aromatic carbocycles. The van der Waals surface area contributed by atoms with Crippen molar-refractivity contribution in [1.82, 2.24) is 15.1 Å². The van der Waals surface area contributed by atoms with Crippen LogP contribution in [0.3, 0.4) is 0 Å². The monoisotopic (exact) mass is 257 g/mol. The van der Waals surface area contributed by atoms with E-state index < -0.39 is 0 Å². The first-order valence-corrected chi connectivity index (χ1v) is 6.99. The minimum atomic E-state index is 0.300. The molecule has 0 aliphatic rings. The summed E-state index contributed by atoms with van der Waals surface area (Å²) < 4.78 is 2.04. The molecule has 3 nitrogen and oxygen atoms in total. The molecule has 19 heavy (non-hydrogen) atoms. The van der Waals surface area contributed by atoms with Crippen molar-refractivity contribution in [2.24, 2.45) is 0 Å². The molecule has 102 valence electrons. The maximum Gasteiger partial charge on any atom is 0.0607 e. The van der Waals surface area contributed by atoms with Crippen LogP contribution in [0.2, 0.25) is 0 Å². The summed E-state index contributed by atoms with van der Waals surface area (Å²) in [6.07, 6.45) is 4.20. The molecule has 1 aromatic heterocycles. The highest BCUT2D eigenvalue weighted by atomic mass is 15.3. The largest absolute Gasteiger partial charge is 0.311 e. The quantitative estimate of drug-likeness (QED) is 0.861. The lowest BCUT2D eigenvalue weighted by Gasteiger charge is -2.18. The summed E-state index contributed by atoms with van der Waals surface area (Å²) in [5.74, 6) is 0. The molecule has 0 amide bonds. The van der Waals surface area contributed by atoms with Gasteiger partial charge in [-0.05, 0) is 37.6 Å². The molecule has 2 rings (SSSR count). The number of nitrogens with one attached hydrogen (secondary N) is 1. The zero-order valence-electron chi connectivity index (χ0n) is 12.1. The summed E-state index contributed by atoms with van der Waals surface area (Å²) in [5, 5.41) is 7.73. The van der Waals surface area contributed by atoms with E-state index >= 15 is 0 Å². The van der Waals surface area contributed by atoms with E-state index in [0.717, 1.165) is 13.0 Å². The minimum absolute atomic E-state index is 0.300. The number of hydrogen-bond acceptors (Lipinski definition) is 2. The van der Waals surface area contributed by atoms with Crippen molar-refractivity contribution < 1.29 is 0 Å². The summed E-state index contributed by atoms with van der Waals surface area (Å²) in [6, 6.07) is 11.3. The second-order valence-corrected chi connectivity index (χ2v) is 4.99. The SMILES string of the molecule is CCCc1ccc(C(Cn2nccc2C)NC)cc1. The standard InChI is InChI=1S/C16H23N3/c1-4-5-14-6-8-15(9-7-14)16(17-3)12-19-13(2)10-11-18-19/h6-11,16-17H,4-5,12H2,1-3H3. The molecule has 1 heterocycles. The van der Waals surface area contributed by atoms with E-state index in [1.54, 1.807) is 0 Å². The second kappa shape index (κ2) is 6.53. The number of aryl methyl sites for hydroxylation is 2. The van der Waals surface area contributed by atoms with Crippen LogP contribution in [0.1, 0.15) is 36.2 Å². The fourth-order valence-electron chi connectivity index (χ4n) is 2.33. The van der Waals surface area contributed by atoms with Crippen molar-refractivity contribution in [1.29, 1.82) is 0 Å². The van der Waals surface area contributed by atoms with Gasteiger partial charge in [-0.15, -0.1) is 0 Å². The third kappa shape index (κ3) is 3.44. The predicted octanol–water partition coefficient (Wildman–Crippen LogP) is 3.10. The molecule has 2 aromatic rings. The summed E-state index contributed by atoms with van der Waals surface area (Å²) in [5.41, 5.74) is 3.93. The normalized spacial score (nSPS) is 12.6. The van der Waals surface area contributed by atoms with Crippen molar-refractivity contribution in [3.05, 3.63) is 53.3 Å². The molecule has 0 spiro atoms. The number of rotatable bonds is 6. The number of hydrogen-bond donors (Lipinski definition) is 1. The molecule has 1 N–H and O–H groups in total. The third-order valence-corrected chi connectivity index (χ3v) is 3.55. The Morgan fingerprint density at radius 3 is 2.47 bits per heavy atom. The molecule has 0 radical (unpaired) electrons. The van der Waals surface area contributed by atoms with Gasteiger partial charge < -0.3 is 5.32 Å². The Morgan fingerprint density at radius 1 is 1.21 bits per heavy atom. The van der Waals surface area contributed by atoms with Crippen LogP contribution in [0.4, 0.5) is 0 Å². The molecule has 0 saturated heterocycles. The summed E-state index contributed by atoms with van der Waals surface area (Å²) >= 11 is 0. The molecule has 0 fully saturated rings. The summed E-state index contributed by atoms with van der Waals surface area (Å²) in [4.78, 5) is 0. The maximum absolute atomic E-state index is 4.35. The van der Waals surface area contributed by atoms with E-state index in [1.165, 1.54) is 23.2 Å². The van der Waals surface area contributed by atoms with Gasteiger partial charge >= 0.3 is 0 Å². The van der Waals surface area contributed by atoms with Crippen LogP contribution in [-0.2, 0) is 13.0 Å². The van der Waals surface area contributed by atoms with Gasteiger partial charge in [0, 0.05) is 11.9 Å². The van der Waals surface area contributed by atoms with E-state index in [4.69, 9.17) is 0 Å². The van der Waals surface area contributed by atoms with E-state index in [9.17, 15) is 0 Å². The van der Waals surface area contributed by atoms with Crippen LogP contribution in [0, 0.1) is 6.92 Å². The Balaban J connectivity index is 2.11. The lowest BCUT2D eigenvalue weighted by Crippen LogP contribution is -2.23. The van der Waals surface area contributed by atoms with Gasteiger partial charge in [0.05, 0.1) is 12.6 Å². The number of nitrogens with zero attached hydrogens (tertiary/aromatic N) is 2. The van der Waals surface area contributed by atoms with Crippen LogP contribution >= 0.6 is 0 Å². The fourth-order valence-corrected chi connectivity index (χ4v) is 2.33. The number of benzene rings is 1. The Bertz CT molecular complexity index is 499. The van der Waals surface area contributed by atoms with Gasteiger partial charge in [0.25, 0.3) is 0 Å². The smallest absolute Gasteiger partial charge is 0.0607 e. The van der Waals surface area contributed by atoms with E-state index in [1.807, 2.05) is 24.0 Å². The Labute approximate surface area is 115 Å². The zero-order chi connectivity index (χ0) is 13.7. The molecule has 0 saturated carbocycles. The van der Waals surface area contributed by atoms with Gasteiger partial charge in [-0.2, -0.15) is 5.10 Å². The minimum Gasteiger partial charge on any atom is -0.311 e. The van der Waals surface area contributed by atoms with Crippen molar-refractivity contribution in [3.8, 4) is 0 Å². The highest BCUT2D eigenvalue weighted by molar-refractivity contribution is 5.25. The molecule has 0 aliphatic heterocycles. The Hall–Kier alpha value is -1.61. The molecular formula is C16H23N3. The van der Waals surface area contributed by atoms with Crippen molar-refractivity contribution >= 4 is 0 Å². The highest BCUT2D eigenvalue weighted by Gasteiger charge is 2.11. The average molecular weight is 257 g/mol. The van der Waals surface area contributed by atoms with Gasteiger partial charge in [-0.3, -0.25) is 4.68 Å². The third-order valence-electron chi connectivity index (χ3n) is 3.55. The van der Waals surface area contributed by atoms with Crippen molar-refractivity contribution in [2.75, 3.05) is 7.05 Å². The fraction of sp³-hybridized carbons (Fsp3) is 0.438. The van der Waals surface area contributed by atoms with Gasteiger partial charge in [-0.25, -0.2) is 0 Å². The lowest BCUT2D eigenvalue weighted by atomic mass is 10.0. The number of aromatic nitrogens is 2. The van der Waals surface area contributed by atoms with E-state index in [-0.39, 0.29) is 0 Å². The summed E-state index contributed by atoms with van der Waals surface area (Å²) in [7, 11) is 2.00. The molecule has 0 bridgehead atoms. The highest BCUT2D eigenvalue weighted by Crippen LogP contribution is 2.17. The van der Waals surface area contributed by atoms with Crippen molar-refractivity contribution in [3.63, 3.8) is 0 Å². The van der Waals surface area contributed by atoms with Crippen LogP contribution in [-0.4, -0.2) is 16.8 Å². The van der Waals surface area contributed by atoms with Crippen molar-refractivity contribution in [2.45, 2.75) is 39.3 Å². The molecule has 3 heteroatoms. The van der Waals surface area contributed by atoms with Gasteiger partial charge in [0.15, 0.2) is 0 Å². The first-order chi connectivity index (χ1) is 9.24. The maximum atomic E-state index is 4.35. The van der Waals surface area contributed by atoms with Crippen LogP contribution in [0.15, 0.2) is 36.5 Å². The van der Waals surface area contributed by atoms with E-state index in [2.05, 4.69) is 48.5 Å². The predicted molar refractivity (Wildman–Crippen MR) is 79.2 cm³/mol. The Morgan fingerprint density at radius 2 is 1.95 bits per heavy atom. The topological polar surface area (TPSA) is 29.9 Å². The molecule has 1 unspecified atom stereocenters. The first kappa shape index (κ1) is 13.8. The van der Waals surface area contributed by atoms with Crippen LogP contribution in [0.5, 0.6) is 0 Å². The lowest BCUT2D eigenvalue weighted by molar-refractivity contribution is 0.461. The summed E-state index contributed by atoms with van der Waals surface area (Å²) in [6.45, 7) is 5.16. The molecule has 0 aliphatic carbocycles. The molecule has 1 atom stereocenters. The van der Waals surface area contributed by atoms with Crippen LogP contribution < -0.4 is 5.32 Å². The van der Waals surface area contributed by atoms with Gasteiger partial charge in [0.1, 0.15) is 0 Å². The van der Waals surface area contributed by atoms with Gasteiger partial charge in [-0.1, -0.05) is 37.6 Å². The second-order valence-electron chi connectivity index (χ2n) is 4.99. The zero-order valence-corrected chi connectivity index (χ0v) is 12.1.